The molecule has 2 aliphatic rings. The number of rotatable bonds is 25. The van der Waals surface area contributed by atoms with Crippen molar-refractivity contribution in [2.24, 2.45) is 11.8 Å². The Balaban J connectivity index is 0.000000313. The zero-order chi connectivity index (χ0) is 68.9. The van der Waals surface area contributed by atoms with E-state index in [1.54, 1.807) is 13.8 Å². The van der Waals surface area contributed by atoms with Gasteiger partial charge >= 0.3 is 156 Å². The first-order chi connectivity index (χ1) is 42.9. The van der Waals surface area contributed by atoms with Crippen LogP contribution >= 0.6 is 0 Å². The number of sulfone groups is 2. The number of hydrogen-bond donors (Lipinski definition) is 0. The van der Waals surface area contributed by atoms with Crippen LogP contribution in [0.15, 0.2) is 75.3 Å². The molecule has 19 nitrogen and oxygen atoms in total. The third-order valence-electron chi connectivity index (χ3n) is 15.3. The van der Waals surface area contributed by atoms with Crippen LogP contribution < -0.4 is 0 Å². The van der Waals surface area contributed by atoms with Gasteiger partial charge in [0.2, 0.25) is 11.6 Å². The van der Waals surface area contributed by atoms with Gasteiger partial charge in [-0.05, 0) is 118 Å². The maximum atomic E-state index is 12.8. The van der Waals surface area contributed by atoms with E-state index in [2.05, 4.69) is 91.1 Å². The van der Waals surface area contributed by atoms with Gasteiger partial charge in [0.15, 0.2) is 31.3 Å². The summed E-state index contributed by atoms with van der Waals surface area (Å²) < 4.78 is 221. The second-order valence-electron chi connectivity index (χ2n) is 22.4. The number of piperidine rings is 2. The Morgan fingerprint density at radius 1 is 0.543 bits per heavy atom. The van der Waals surface area contributed by atoms with Crippen molar-refractivity contribution in [3.05, 3.63) is 77.1 Å². The van der Waals surface area contributed by atoms with Crippen LogP contribution in [-0.4, -0.2) is 179 Å². The first kappa shape index (κ1) is 78.4. The first-order valence-corrected chi connectivity index (χ1v) is 40.6. The molecule has 0 spiro atoms. The second-order valence-corrected chi connectivity index (χ2v) is 39.8. The smallest absolute Gasteiger partial charge is 0.426 e. The Bertz CT molecular complexity index is 3160. The molecule has 2 amide bonds. The summed E-state index contributed by atoms with van der Waals surface area (Å²) in [5, 5.41) is 31.0. The minimum Gasteiger partial charge on any atom is -0.426 e. The number of halogens is 12. The largest absolute Gasteiger partial charge is 0.434 e. The molecule has 0 radical (unpaired) electrons. The molecular weight excluding hydrogens is 1390 g/mol. The Kier molecular flexibility index (Phi) is 29.8. The monoisotopic (exact) mass is 1470 g/mol. The number of unbranched alkanes of at least 4 members (excludes halogenated alkanes) is 3. The minimum atomic E-state index is -5.80. The van der Waals surface area contributed by atoms with E-state index in [1.165, 1.54) is 104 Å². The van der Waals surface area contributed by atoms with Crippen molar-refractivity contribution >= 4 is 55.8 Å². The van der Waals surface area contributed by atoms with Crippen molar-refractivity contribution < 1.29 is 93.3 Å². The third-order valence-corrected chi connectivity index (χ3v) is 33.8. The van der Waals surface area contributed by atoms with Gasteiger partial charge in [-0.3, -0.25) is 0 Å². The van der Waals surface area contributed by atoms with E-state index in [9.17, 15) is 79.1 Å². The Morgan fingerprint density at radius 3 is 1.14 bits per heavy atom. The van der Waals surface area contributed by atoms with Crippen molar-refractivity contribution in [3.8, 4) is 22.8 Å². The molecule has 4 aromatic rings. The zero-order valence-electron chi connectivity index (χ0n) is 51.9. The molecule has 6 rings (SSSR count). The Labute approximate surface area is 531 Å². The van der Waals surface area contributed by atoms with Gasteiger partial charge in [-0.2, -0.15) is 52.7 Å². The van der Waals surface area contributed by atoms with Crippen molar-refractivity contribution in [1.29, 1.82) is 0 Å². The summed E-state index contributed by atoms with van der Waals surface area (Å²) in [5.41, 5.74) is 1.60. The summed E-state index contributed by atoms with van der Waals surface area (Å²) in [6, 6.07) is 11.6. The van der Waals surface area contributed by atoms with E-state index in [4.69, 9.17) is 4.74 Å². The number of carbonyl (C=O) groups excluding carboxylic acids is 2. The van der Waals surface area contributed by atoms with Gasteiger partial charge in [-0.25, -0.2) is 26.4 Å². The predicted octanol–water partition coefficient (Wildman–Crippen LogP) is 14.1. The van der Waals surface area contributed by atoms with Crippen LogP contribution in [0.3, 0.4) is 0 Å². The maximum absolute atomic E-state index is 12.8. The molecular formula is C58H78F12N10O9S2Sn. The number of alkyl halides is 12. The van der Waals surface area contributed by atoms with E-state index >= 15 is 0 Å². The van der Waals surface area contributed by atoms with Crippen molar-refractivity contribution in [2.75, 3.05) is 44.3 Å². The van der Waals surface area contributed by atoms with Crippen LogP contribution in [0, 0.1) is 18.8 Å². The molecule has 2 fully saturated rings. The molecule has 4 heterocycles. The van der Waals surface area contributed by atoms with Crippen LogP contribution in [0.4, 0.5) is 62.3 Å². The summed E-state index contributed by atoms with van der Waals surface area (Å²) in [4.78, 5) is 25.3. The summed E-state index contributed by atoms with van der Waals surface area (Å²) in [6.45, 7) is 20.5. The van der Waals surface area contributed by atoms with Gasteiger partial charge in [0.25, 0.3) is 12.2 Å². The molecule has 514 valence electrons. The number of nitrogens with zero attached hydrogens (tertiary/aromatic N) is 10. The number of aryl methyl sites for hydroxylation is 1. The summed E-state index contributed by atoms with van der Waals surface area (Å²) >= 11 is -2.24. The van der Waals surface area contributed by atoms with Crippen LogP contribution in [0.2, 0.25) is 13.3 Å². The fourth-order valence-corrected chi connectivity index (χ4v) is 27.4. The number of carbonyl (C=O) groups is 2. The molecule has 0 aliphatic carbocycles. The van der Waals surface area contributed by atoms with E-state index in [-0.39, 0.29) is 115 Å². The van der Waals surface area contributed by atoms with Gasteiger partial charge < -0.3 is 19.3 Å². The fraction of sp³-hybridized carbons (Fsp3) is 0.621. The molecule has 34 heteroatoms. The molecule has 92 heavy (non-hydrogen) atoms. The molecule has 2 saturated heterocycles. The molecule has 2 aliphatic heterocycles. The number of amides is 2. The number of benzene rings is 2. The van der Waals surface area contributed by atoms with Crippen molar-refractivity contribution in [3.63, 3.8) is 0 Å². The van der Waals surface area contributed by atoms with Gasteiger partial charge in [0.1, 0.15) is 0 Å². The normalized spacial score (nSPS) is 14.9. The van der Waals surface area contributed by atoms with Gasteiger partial charge in [0, 0.05) is 37.3 Å². The third kappa shape index (κ3) is 24.4. The van der Waals surface area contributed by atoms with E-state index in [1.807, 2.05) is 0 Å². The average molecular weight is 1470 g/mol. The average Bonchev–Trinajstić information content (AvgIpc) is 1.03. The van der Waals surface area contributed by atoms with Crippen LogP contribution in [0.5, 0.6) is 0 Å². The van der Waals surface area contributed by atoms with Gasteiger partial charge in [0.05, 0.1) is 21.3 Å². The predicted molar refractivity (Wildman–Crippen MR) is 318 cm³/mol. The molecule has 2 aromatic carbocycles. The maximum Gasteiger partial charge on any atom is 0.434 e. The first-order valence-electron chi connectivity index (χ1n) is 29.8. The van der Waals surface area contributed by atoms with Crippen molar-refractivity contribution in [2.45, 2.75) is 179 Å². The zero-order valence-corrected chi connectivity index (χ0v) is 56.4. The summed E-state index contributed by atoms with van der Waals surface area (Å²) in [7, 11) is -7.37. The summed E-state index contributed by atoms with van der Waals surface area (Å²) in [5.74, 6) is 0.227. The number of aromatic nitrogens is 8. The standard InChI is InChI=1S/C22H23F6N5O4S.C20H21F6N5O4S.C4H7O.3C4H9.Sn/c1-13(2)17-29-31-18(32-30-17)15-3-5-16(6-4-15)38(35,36)12-9-14-7-10-33(11-8-14)20(34)37-19(21(23,24)25)22(26,27)28;1-12-27-29-16(30-28-12)14-2-4-15(5-3-14)36(33,34)11-8-13-6-9-31(10-7-13)18(32)35-17(19(21,22)23)20(24,25)26;1-3-5-4-2;3*1-3-4-2;/h3-6,14,19H,1,7-12H2,2H3;2-5,13,17H,6-11H2,1H3;1,4H2,2H3;3*1,3-4H2,2H3;. The van der Waals surface area contributed by atoms with Crippen LogP contribution in [0.25, 0.3) is 28.3 Å². The van der Waals surface area contributed by atoms with Crippen LogP contribution in [0.1, 0.15) is 123 Å². The van der Waals surface area contributed by atoms with E-state index < -0.39 is 87.2 Å². The molecule has 0 saturated carbocycles. The Hall–Kier alpha value is -6.00. The Morgan fingerprint density at radius 2 is 0.859 bits per heavy atom. The van der Waals surface area contributed by atoms with E-state index in [0.717, 1.165) is 16.4 Å². The van der Waals surface area contributed by atoms with Gasteiger partial charge in [-0.15, -0.1) is 40.8 Å². The van der Waals surface area contributed by atoms with E-state index in [0.29, 0.717) is 22.5 Å². The quantitative estimate of drug-likeness (QED) is 0.0340. The van der Waals surface area contributed by atoms with Gasteiger partial charge in [-0.1, -0.05) is 6.58 Å². The SMILES string of the molecule is C=C(C)c1nnc(-c2ccc(S(=O)(=O)CCC3CCN(C(=O)OC(C(F)(F)F)C(F)(F)F)CC3)cc2)nn1.C=[C](OCC)[Sn]([CH2]CCC)([CH2]CCC)[CH2]CCC.Cc1nnc(-c2ccc(S(=O)(=O)CCC3CCN(C(=O)OC(C(F)(F)F)C(F)(F)F)CC3)cc2)nn1. The fourth-order valence-electron chi connectivity index (χ4n) is 9.88. The molecule has 0 bridgehead atoms. The number of allylic oxidation sites excluding steroid dienone is 1. The van der Waals surface area contributed by atoms with Crippen LogP contribution in [-0.2, 0) is 33.9 Å². The van der Waals surface area contributed by atoms with Crippen molar-refractivity contribution in [1.82, 2.24) is 50.6 Å². The molecule has 0 atom stereocenters. The number of ether oxygens (including phenoxy) is 3. The molecule has 0 N–H and O–H groups in total. The topological polar surface area (TPSA) is 240 Å². The molecule has 0 unspecified atom stereocenters. The molecule has 2 aromatic heterocycles. The summed E-state index contributed by atoms with van der Waals surface area (Å²) in [6.07, 6.45) is -25.7. The number of likely N-dealkylation sites (tertiary alicyclic amines) is 2. The number of hydrogen-bond acceptors (Lipinski definition) is 17. The minimum absolute atomic E-state index is 0.0482. The second kappa shape index (κ2) is 34.9.